The number of ether oxygens (including phenoxy) is 1. The van der Waals surface area contributed by atoms with Crippen LogP contribution in [0.3, 0.4) is 0 Å². The number of aromatic nitrogens is 2. The molecule has 2 saturated heterocycles. The predicted molar refractivity (Wildman–Crippen MR) is 88.4 cm³/mol. The summed E-state index contributed by atoms with van der Waals surface area (Å²) in [5.74, 6) is 1.53. The Morgan fingerprint density at radius 2 is 1.96 bits per heavy atom. The maximum absolute atomic E-state index is 5.75. The van der Waals surface area contributed by atoms with Crippen molar-refractivity contribution in [2.75, 3.05) is 39.3 Å². The van der Waals surface area contributed by atoms with Gasteiger partial charge in [-0.15, -0.1) is 0 Å². The largest absolute Gasteiger partial charge is 0.377 e. The van der Waals surface area contributed by atoms with E-state index in [0.29, 0.717) is 6.10 Å². The summed E-state index contributed by atoms with van der Waals surface area (Å²) in [6.07, 6.45) is 2.88. The summed E-state index contributed by atoms with van der Waals surface area (Å²) in [6, 6.07) is 0.184. The molecule has 3 heterocycles. The van der Waals surface area contributed by atoms with Gasteiger partial charge in [0.2, 0.25) is 5.89 Å². The van der Waals surface area contributed by atoms with E-state index in [4.69, 9.17) is 9.26 Å². The Morgan fingerprint density at radius 1 is 1.22 bits per heavy atom. The first-order chi connectivity index (χ1) is 10.9. The molecule has 6 nitrogen and oxygen atoms in total. The van der Waals surface area contributed by atoms with Crippen molar-refractivity contribution in [3.63, 3.8) is 0 Å². The fraction of sp³-hybridized carbons (Fsp3) is 0.882. The lowest BCUT2D eigenvalue weighted by Crippen LogP contribution is -2.49. The Bertz CT molecular complexity index is 497. The zero-order valence-electron chi connectivity index (χ0n) is 14.9. The third kappa shape index (κ3) is 4.11. The van der Waals surface area contributed by atoms with E-state index in [2.05, 4.69) is 47.6 Å². The molecular formula is C17H30N4O2. The van der Waals surface area contributed by atoms with E-state index in [1.54, 1.807) is 0 Å². The van der Waals surface area contributed by atoms with Crippen molar-refractivity contribution in [1.82, 2.24) is 19.9 Å². The predicted octanol–water partition coefficient (Wildman–Crippen LogP) is 2.22. The van der Waals surface area contributed by atoms with E-state index in [1.165, 1.54) is 12.8 Å². The van der Waals surface area contributed by atoms with Crippen LogP contribution in [0.4, 0.5) is 0 Å². The quantitative estimate of drug-likeness (QED) is 0.847. The topological polar surface area (TPSA) is 54.6 Å². The first-order valence-corrected chi connectivity index (χ1v) is 8.85. The van der Waals surface area contributed by atoms with Crippen LogP contribution >= 0.6 is 0 Å². The molecule has 0 spiro atoms. The Hall–Kier alpha value is -0.980. The van der Waals surface area contributed by atoms with Gasteiger partial charge in [-0.3, -0.25) is 9.80 Å². The van der Waals surface area contributed by atoms with E-state index >= 15 is 0 Å². The van der Waals surface area contributed by atoms with Crippen molar-refractivity contribution in [3.8, 4) is 0 Å². The number of rotatable bonds is 4. The van der Waals surface area contributed by atoms with E-state index in [1.807, 2.05) is 0 Å². The highest BCUT2D eigenvalue weighted by molar-refractivity contribution is 5.02. The molecule has 2 unspecified atom stereocenters. The van der Waals surface area contributed by atoms with Gasteiger partial charge >= 0.3 is 0 Å². The number of piperazine rings is 1. The van der Waals surface area contributed by atoms with Gasteiger partial charge in [0, 0.05) is 44.7 Å². The van der Waals surface area contributed by atoms with Gasteiger partial charge < -0.3 is 9.26 Å². The summed E-state index contributed by atoms with van der Waals surface area (Å²) in [4.78, 5) is 9.56. The van der Waals surface area contributed by atoms with Crippen LogP contribution in [0.25, 0.3) is 0 Å². The molecule has 130 valence electrons. The van der Waals surface area contributed by atoms with Gasteiger partial charge in [0.1, 0.15) is 0 Å². The molecule has 1 aromatic rings. The molecule has 2 fully saturated rings. The maximum atomic E-state index is 5.75. The minimum Gasteiger partial charge on any atom is -0.377 e. The summed E-state index contributed by atoms with van der Waals surface area (Å²) < 4.78 is 11.2. The number of hydrogen-bond acceptors (Lipinski definition) is 6. The lowest BCUT2D eigenvalue weighted by atomic mass is 9.96. The molecule has 0 radical (unpaired) electrons. The van der Waals surface area contributed by atoms with E-state index in [0.717, 1.165) is 51.0 Å². The Kier molecular flexibility index (Phi) is 5.04. The van der Waals surface area contributed by atoms with E-state index < -0.39 is 0 Å². The van der Waals surface area contributed by atoms with Gasteiger partial charge in [0.25, 0.3) is 0 Å². The van der Waals surface area contributed by atoms with Crippen molar-refractivity contribution < 1.29 is 9.26 Å². The Morgan fingerprint density at radius 3 is 2.52 bits per heavy atom. The third-order valence-electron chi connectivity index (χ3n) is 4.91. The fourth-order valence-electron chi connectivity index (χ4n) is 3.28. The molecule has 2 aliphatic heterocycles. The van der Waals surface area contributed by atoms with Crippen LogP contribution in [0.15, 0.2) is 4.52 Å². The van der Waals surface area contributed by atoms with Gasteiger partial charge in [-0.1, -0.05) is 25.9 Å². The smallest absolute Gasteiger partial charge is 0.243 e. The summed E-state index contributed by atoms with van der Waals surface area (Å²) in [6.45, 7) is 14.8. The second kappa shape index (κ2) is 6.87. The molecule has 3 rings (SSSR count). The molecule has 6 heteroatoms. The molecule has 0 amide bonds. The van der Waals surface area contributed by atoms with Gasteiger partial charge in [0.15, 0.2) is 5.82 Å². The van der Waals surface area contributed by atoms with Crippen molar-refractivity contribution in [2.45, 2.75) is 58.1 Å². The van der Waals surface area contributed by atoms with E-state index in [9.17, 15) is 0 Å². The maximum Gasteiger partial charge on any atom is 0.243 e. The van der Waals surface area contributed by atoms with Crippen LogP contribution in [0.5, 0.6) is 0 Å². The molecule has 0 N–H and O–H groups in total. The molecule has 2 aliphatic rings. The minimum atomic E-state index is -0.0680. The highest BCUT2D eigenvalue weighted by Crippen LogP contribution is 2.24. The molecule has 2 atom stereocenters. The molecular weight excluding hydrogens is 292 g/mol. The third-order valence-corrected chi connectivity index (χ3v) is 4.91. The highest BCUT2D eigenvalue weighted by Gasteiger charge is 2.29. The standard InChI is InChI=1S/C17H30N4O2/c1-13(15-18-16(19-23-15)17(2,3)4)21-9-7-20(8-10-21)12-14-6-5-11-22-14/h13-14H,5-12H2,1-4H3. The van der Waals surface area contributed by atoms with Gasteiger partial charge in [0.05, 0.1) is 12.1 Å². The first-order valence-electron chi connectivity index (χ1n) is 8.85. The van der Waals surface area contributed by atoms with Crippen LogP contribution in [-0.4, -0.2) is 65.4 Å². The average Bonchev–Trinajstić information content (AvgIpc) is 3.18. The lowest BCUT2D eigenvalue weighted by molar-refractivity contribution is 0.0379. The zero-order chi connectivity index (χ0) is 16.4. The second-order valence-electron chi connectivity index (χ2n) is 7.85. The summed E-state index contributed by atoms with van der Waals surface area (Å²) in [7, 11) is 0. The lowest BCUT2D eigenvalue weighted by Gasteiger charge is -2.37. The van der Waals surface area contributed by atoms with E-state index in [-0.39, 0.29) is 11.5 Å². The number of hydrogen-bond donors (Lipinski definition) is 0. The highest BCUT2D eigenvalue weighted by atomic mass is 16.5. The van der Waals surface area contributed by atoms with Gasteiger partial charge in [-0.25, -0.2) is 0 Å². The number of nitrogens with zero attached hydrogens (tertiary/aromatic N) is 4. The average molecular weight is 322 g/mol. The zero-order valence-corrected chi connectivity index (χ0v) is 14.9. The van der Waals surface area contributed by atoms with Crippen molar-refractivity contribution >= 4 is 0 Å². The van der Waals surface area contributed by atoms with Crippen LogP contribution in [0.2, 0.25) is 0 Å². The first kappa shape index (κ1) is 16.9. The molecule has 0 saturated carbocycles. The van der Waals surface area contributed by atoms with Crippen LogP contribution < -0.4 is 0 Å². The van der Waals surface area contributed by atoms with Gasteiger partial charge in [-0.05, 0) is 19.8 Å². The molecule has 23 heavy (non-hydrogen) atoms. The van der Waals surface area contributed by atoms with Gasteiger partial charge in [-0.2, -0.15) is 4.98 Å². The second-order valence-corrected chi connectivity index (χ2v) is 7.85. The van der Waals surface area contributed by atoms with Crippen LogP contribution in [-0.2, 0) is 10.2 Å². The minimum absolute atomic E-state index is 0.0680. The molecule has 0 bridgehead atoms. The Balaban J connectivity index is 1.51. The SMILES string of the molecule is CC(c1nc(C(C)(C)C)no1)N1CCN(CC2CCCO2)CC1. The Labute approximate surface area is 139 Å². The monoisotopic (exact) mass is 322 g/mol. The van der Waals surface area contributed by atoms with Crippen LogP contribution in [0.1, 0.15) is 58.3 Å². The molecule has 0 aromatic carbocycles. The summed E-state index contributed by atoms with van der Waals surface area (Å²) >= 11 is 0. The summed E-state index contributed by atoms with van der Waals surface area (Å²) in [5, 5.41) is 4.15. The van der Waals surface area contributed by atoms with Crippen molar-refractivity contribution in [1.29, 1.82) is 0 Å². The van der Waals surface area contributed by atoms with Crippen molar-refractivity contribution in [3.05, 3.63) is 11.7 Å². The normalized spacial score (nSPS) is 25.8. The summed E-state index contributed by atoms with van der Waals surface area (Å²) in [5.41, 5.74) is -0.0680. The van der Waals surface area contributed by atoms with Crippen LogP contribution in [0, 0.1) is 0 Å². The van der Waals surface area contributed by atoms with Crippen molar-refractivity contribution in [2.24, 2.45) is 0 Å². The molecule has 1 aromatic heterocycles. The molecule has 0 aliphatic carbocycles. The fourth-order valence-corrected chi connectivity index (χ4v) is 3.28.